The third kappa shape index (κ3) is 3.76. The minimum atomic E-state index is 0.182. The molecule has 0 amide bonds. The van der Waals surface area contributed by atoms with Gasteiger partial charge in [-0.25, -0.2) is 0 Å². The summed E-state index contributed by atoms with van der Waals surface area (Å²) >= 11 is 7.50. The van der Waals surface area contributed by atoms with Crippen molar-refractivity contribution in [2.75, 3.05) is 0 Å². The molecule has 0 aliphatic heterocycles. The van der Waals surface area contributed by atoms with Gasteiger partial charge in [0.1, 0.15) is 0 Å². The van der Waals surface area contributed by atoms with Crippen molar-refractivity contribution >= 4 is 28.7 Å². The molecule has 1 heterocycles. The number of carbonyl (C=O) groups is 1. The Hall–Kier alpha value is -0.600. The van der Waals surface area contributed by atoms with Crippen molar-refractivity contribution in [3.05, 3.63) is 33.5 Å². The fourth-order valence-corrected chi connectivity index (χ4v) is 2.75. The molecule has 0 aliphatic rings. The summed E-state index contributed by atoms with van der Waals surface area (Å²) in [6.45, 7) is 5.60. The first-order valence-electron chi connectivity index (χ1n) is 5.54. The van der Waals surface area contributed by atoms with Gasteiger partial charge < -0.3 is 0 Å². The van der Waals surface area contributed by atoms with Gasteiger partial charge >= 0.3 is 0 Å². The molecule has 0 fully saturated rings. The fraction of sp³-hybridized carbons (Fsp3) is 0.462. The van der Waals surface area contributed by atoms with Crippen LogP contribution in [0.4, 0.5) is 0 Å². The van der Waals surface area contributed by atoms with Gasteiger partial charge in [0.05, 0.1) is 9.90 Å². The standard InChI is InChI=1S/C13H17ClOS/c1-3-4-5-6-7-8-11(15)13-12(14)10(2)9-16-13/h3,9H,1,4-8H2,2H3. The first-order chi connectivity index (χ1) is 7.66. The molecule has 0 radical (unpaired) electrons. The largest absolute Gasteiger partial charge is 0.293 e. The maximum Gasteiger partial charge on any atom is 0.174 e. The number of ketones is 1. The zero-order valence-corrected chi connectivity index (χ0v) is 11.2. The molecule has 1 rings (SSSR count). The topological polar surface area (TPSA) is 17.1 Å². The predicted molar refractivity (Wildman–Crippen MR) is 71.7 cm³/mol. The first kappa shape index (κ1) is 13.5. The van der Waals surface area contributed by atoms with Crippen molar-refractivity contribution in [3.8, 4) is 0 Å². The highest BCUT2D eigenvalue weighted by atomic mass is 35.5. The number of rotatable bonds is 7. The van der Waals surface area contributed by atoms with Gasteiger partial charge in [0.2, 0.25) is 0 Å². The van der Waals surface area contributed by atoms with Gasteiger partial charge in [-0.2, -0.15) is 0 Å². The van der Waals surface area contributed by atoms with E-state index < -0.39 is 0 Å². The van der Waals surface area contributed by atoms with Gasteiger partial charge in [-0.15, -0.1) is 17.9 Å². The summed E-state index contributed by atoms with van der Waals surface area (Å²) in [5.41, 5.74) is 1.00. The second-order valence-electron chi connectivity index (χ2n) is 3.87. The van der Waals surface area contributed by atoms with Crippen LogP contribution < -0.4 is 0 Å². The number of carbonyl (C=O) groups excluding carboxylic acids is 1. The van der Waals surface area contributed by atoms with Gasteiger partial charge in [0.25, 0.3) is 0 Å². The van der Waals surface area contributed by atoms with E-state index in [1.54, 1.807) is 0 Å². The lowest BCUT2D eigenvalue weighted by molar-refractivity contribution is 0.0983. The molecule has 16 heavy (non-hydrogen) atoms. The molecule has 0 saturated heterocycles. The van der Waals surface area contributed by atoms with E-state index in [2.05, 4.69) is 6.58 Å². The summed E-state index contributed by atoms with van der Waals surface area (Å²) in [4.78, 5) is 12.5. The van der Waals surface area contributed by atoms with E-state index in [1.165, 1.54) is 11.3 Å². The molecule has 0 unspecified atom stereocenters. The Labute approximate surface area is 106 Å². The van der Waals surface area contributed by atoms with Crippen LogP contribution in [-0.4, -0.2) is 5.78 Å². The van der Waals surface area contributed by atoms with Gasteiger partial charge in [-0.05, 0) is 37.1 Å². The first-order valence-corrected chi connectivity index (χ1v) is 6.80. The average Bonchev–Trinajstić information content (AvgIpc) is 2.59. The number of aryl methyl sites for hydroxylation is 1. The second-order valence-corrected chi connectivity index (χ2v) is 5.13. The molecule has 0 saturated carbocycles. The number of unbranched alkanes of at least 4 members (excludes halogenated alkanes) is 3. The van der Waals surface area contributed by atoms with Crippen molar-refractivity contribution in [1.29, 1.82) is 0 Å². The van der Waals surface area contributed by atoms with Crippen LogP contribution in [-0.2, 0) is 0 Å². The molecule has 0 N–H and O–H groups in total. The number of hydrogen-bond donors (Lipinski definition) is 0. The van der Waals surface area contributed by atoms with E-state index in [4.69, 9.17) is 11.6 Å². The summed E-state index contributed by atoms with van der Waals surface area (Å²) in [5.74, 6) is 0.182. The van der Waals surface area contributed by atoms with Crippen LogP contribution in [0.2, 0.25) is 5.02 Å². The Balaban J connectivity index is 2.35. The Morgan fingerprint density at radius 2 is 2.25 bits per heavy atom. The molecule has 1 aromatic heterocycles. The number of allylic oxidation sites excluding steroid dienone is 1. The molecule has 0 atom stereocenters. The van der Waals surface area contributed by atoms with E-state index in [-0.39, 0.29) is 5.78 Å². The molecular formula is C13H17ClOS. The van der Waals surface area contributed by atoms with E-state index >= 15 is 0 Å². The SMILES string of the molecule is C=CCCCCCC(=O)c1scc(C)c1Cl. The molecule has 88 valence electrons. The number of halogens is 1. The lowest BCUT2D eigenvalue weighted by Gasteiger charge is -1.99. The average molecular weight is 257 g/mol. The molecule has 0 aromatic carbocycles. The Bertz CT molecular complexity index is 368. The fourth-order valence-electron chi connectivity index (χ4n) is 1.48. The highest BCUT2D eigenvalue weighted by molar-refractivity contribution is 7.13. The van der Waals surface area contributed by atoms with E-state index in [0.29, 0.717) is 11.4 Å². The molecule has 1 nitrogen and oxygen atoms in total. The van der Waals surface area contributed by atoms with E-state index in [0.717, 1.165) is 36.1 Å². The van der Waals surface area contributed by atoms with Crippen LogP contribution in [0, 0.1) is 6.92 Å². The zero-order valence-electron chi connectivity index (χ0n) is 9.59. The van der Waals surface area contributed by atoms with Crippen LogP contribution in [0.5, 0.6) is 0 Å². The molecule has 1 aromatic rings. The quantitative estimate of drug-likeness (QED) is 0.380. The van der Waals surface area contributed by atoms with Gasteiger partial charge in [-0.3, -0.25) is 4.79 Å². The van der Waals surface area contributed by atoms with Gasteiger partial charge in [0, 0.05) is 6.42 Å². The third-order valence-electron chi connectivity index (χ3n) is 2.46. The molecule has 0 spiro atoms. The third-order valence-corrected chi connectivity index (χ3v) is 4.20. The van der Waals surface area contributed by atoms with Crippen molar-refractivity contribution < 1.29 is 4.79 Å². The maximum atomic E-state index is 11.8. The minimum absolute atomic E-state index is 0.182. The van der Waals surface area contributed by atoms with Crippen molar-refractivity contribution in [1.82, 2.24) is 0 Å². The monoisotopic (exact) mass is 256 g/mol. The molecule has 0 aliphatic carbocycles. The highest BCUT2D eigenvalue weighted by Gasteiger charge is 2.13. The Kier molecular flexibility index (Phi) is 5.78. The minimum Gasteiger partial charge on any atom is -0.293 e. The van der Waals surface area contributed by atoms with Crippen LogP contribution in [0.25, 0.3) is 0 Å². The van der Waals surface area contributed by atoms with Gasteiger partial charge in [0.15, 0.2) is 5.78 Å². The van der Waals surface area contributed by atoms with Crippen LogP contribution in [0.3, 0.4) is 0 Å². The van der Waals surface area contributed by atoms with Crippen LogP contribution >= 0.6 is 22.9 Å². The lowest BCUT2D eigenvalue weighted by Crippen LogP contribution is -1.96. The molecular weight excluding hydrogens is 240 g/mol. The van der Waals surface area contributed by atoms with Crippen molar-refractivity contribution in [3.63, 3.8) is 0 Å². The molecule has 0 bridgehead atoms. The Morgan fingerprint density at radius 3 is 2.81 bits per heavy atom. The smallest absolute Gasteiger partial charge is 0.174 e. The van der Waals surface area contributed by atoms with Crippen molar-refractivity contribution in [2.45, 2.75) is 39.0 Å². The van der Waals surface area contributed by atoms with Crippen LogP contribution in [0.1, 0.15) is 47.3 Å². The van der Waals surface area contributed by atoms with Crippen LogP contribution in [0.15, 0.2) is 18.0 Å². The summed E-state index contributed by atoms with van der Waals surface area (Å²) in [5, 5.41) is 2.58. The lowest BCUT2D eigenvalue weighted by atomic mass is 10.1. The highest BCUT2D eigenvalue weighted by Crippen LogP contribution is 2.28. The normalized spacial score (nSPS) is 10.4. The van der Waals surface area contributed by atoms with E-state index in [9.17, 15) is 4.79 Å². The summed E-state index contributed by atoms with van der Waals surface area (Å²) < 4.78 is 0. The second kappa shape index (κ2) is 6.87. The number of hydrogen-bond acceptors (Lipinski definition) is 2. The number of Topliss-reactive ketones (excluding diaryl/α,β-unsaturated/α-hetero) is 1. The number of thiophene rings is 1. The zero-order chi connectivity index (χ0) is 12.0. The molecule has 3 heteroatoms. The van der Waals surface area contributed by atoms with Gasteiger partial charge in [-0.1, -0.05) is 24.1 Å². The summed E-state index contributed by atoms with van der Waals surface area (Å²) in [6, 6.07) is 0. The summed E-state index contributed by atoms with van der Waals surface area (Å²) in [6.07, 6.45) is 6.71. The van der Waals surface area contributed by atoms with E-state index in [1.807, 2.05) is 18.4 Å². The predicted octanol–water partition coefficient (Wildman–Crippen LogP) is 5.03. The summed E-state index contributed by atoms with van der Waals surface area (Å²) in [7, 11) is 0. The Morgan fingerprint density at radius 1 is 1.50 bits per heavy atom. The van der Waals surface area contributed by atoms with Crippen molar-refractivity contribution in [2.24, 2.45) is 0 Å². The maximum absolute atomic E-state index is 11.8.